The number of nitrogens with zero attached hydrogens (tertiary/aromatic N) is 1. The van der Waals surface area contributed by atoms with Crippen LogP contribution in [-0.2, 0) is 9.59 Å². The molecule has 0 spiro atoms. The molecular formula is C24H24FNO2. The molecule has 144 valence electrons. The Balaban J connectivity index is 1.88. The summed E-state index contributed by atoms with van der Waals surface area (Å²) in [6, 6.07) is 14.0. The first-order valence-electron chi connectivity index (χ1n) is 9.66. The van der Waals surface area contributed by atoms with Crippen LogP contribution in [0.5, 0.6) is 0 Å². The third-order valence-electron chi connectivity index (χ3n) is 5.71. The van der Waals surface area contributed by atoms with Crippen LogP contribution in [0.4, 0.5) is 10.1 Å². The Morgan fingerprint density at radius 1 is 0.964 bits per heavy atom. The molecule has 4 rings (SSSR count). The second-order valence-corrected chi connectivity index (χ2v) is 8.67. The zero-order chi connectivity index (χ0) is 20.1. The molecule has 1 atom stereocenters. The SMILES string of the molecule is Cc1ccc(C2CC(=O)N(c3ccc(F)cc3)C3=C2C(=O)CC(C)(C)C3)cc1. The van der Waals surface area contributed by atoms with Gasteiger partial charge in [-0.3, -0.25) is 14.5 Å². The number of benzene rings is 2. The summed E-state index contributed by atoms with van der Waals surface area (Å²) in [4.78, 5) is 28.0. The molecule has 1 aliphatic carbocycles. The normalized spacial score (nSPS) is 21.7. The number of allylic oxidation sites excluding steroid dienone is 2. The predicted molar refractivity (Wildman–Crippen MR) is 107 cm³/mol. The molecule has 1 unspecified atom stereocenters. The second-order valence-electron chi connectivity index (χ2n) is 8.67. The molecule has 28 heavy (non-hydrogen) atoms. The summed E-state index contributed by atoms with van der Waals surface area (Å²) in [6.45, 7) is 6.13. The zero-order valence-electron chi connectivity index (χ0n) is 16.5. The van der Waals surface area contributed by atoms with Gasteiger partial charge in [-0.15, -0.1) is 0 Å². The fourth-order valence-electron chi connectivity index (χ4n) is 4.39. The molecule has 1 heterocycles. The van der Waals surface area contributed by atoms with Crippen LogP contribution in [0.25, 0.3) is 0 Å². The largest absolute Gasteiger partial charge is 0.294 e. The molecule has 2 aromatic carbocycles. The van der Waals surface area contributed by atoms with E-state index in [1.807, 2.05) is 31.2 Å². The molecule has 0 aromatic heterocycles. The van der Waals surface area contributed by atoms with Crippen LogP contribution in [0.1, 0.15) is 50.2 Å². The molecule has 4 heteroatoms. The van der Waals surface area contributed by atoms with E-state index in [1.54, 1.807) is 17.0 Å². The number of ketones is 1. The third kappa shape index (κ3) is 3.28. The Labute approximate surface area is 164 Å². The monoisotopic (exact) mass is 377 g/mol. The lowest BCUT2D eigenvalue weighted by molar-refractivity contribution is -0.121. The van der Waals surface area contributed by atoms with Crippen molar-refractivity contribution in [2.24, 2.45) is 5.41 Å². The fraction of sp³-hybridized carbons (Fsp3) is 0.333. The summed E-state index contributed by atoms with van der Waals surface area (Å²) >= 11 is 0. The Hall–Kier alpha value is -2.75. The van der Waals surface area contributed by atoms with Crippen molar-refractivity contribution in [1.29, 1.82) is 0 Å². The second kappa shape index (κ2) is 6.69. The topological polar surface area (TPSA) is 37.4 Å². The van der Waals surface area contributed by atoms with E-state index in [2.05, 4.69) is 13.8 Å². The molecule has 0 bridgehead atoms. The first kappa shape index (κ1) is 18.6. The molecule has 0 fully saturated rings. The van der Waals surface area contributed by atoms with Crippen molar-refractivity contribution in [2.75, 3.05) is 4.90 Å². The number of rotatable bonds is 2. The van der Waals surface area contributed by atoms with E-state index in [9.17, 15) is 14.0 Å². The first-order valence-corrected chi connectivity index (χ1v) is 9.66. The van der Waals surface area contributed by atoms with Crippen LogP contribution in [0.15, 0.2) is 59.8 Å². The van der Waals surface area contributed by atoms with Gasteiger partial charge in [-0.1, -0.05) is 43.7 Å². The maximum atomic E-state index is 13.4. The van der Waals surface area contributed by atoms with Gasteiger partial charge in [0.1, 0.15) is 5.82 Å². The van der Waals surface area contributed by atoms with Crippen molar-refractivity contribution in [3.63, 3.8) is 0 Å². The van der Waals surface area contributed by atoms with Crippen molar-refractivity contribution >= 4 is 17.4 Å². The van der Waals surface area contributed by atoms with Crippen LogP contribution in [0, 0.1) is 18.2 Å². The minimum Gasteiger partial charge on any atom is -0.294 e. The lowest BCUT2D eigenvalue weighted by Gasteiger charge is -2.43. The minimum atomic E-state index is -0.347. The van der Waals surface area contributed by atoms with E-state index in [-0.39, 0.29) is 35.3 Å². The van der Waals surface area contributed by atoms with Gasteiger partial charge in [0.25, 0.3) is 0 Å². The van der Waals surface area contributed by atoms with Gasteiger partial charge in [-0.25, -0.2) is 4.39 Å². The Morgan fingerprint density at radius 2 is 1.61 bits per heavy atom. The molecule has 0 saturated carbocycles. The average Bonchev–Trinajstić information content (AvgIpc) is 2.62. The fourth-order valence-corrected chi connectivity index (χ4v) is 4.39. The van der Waals surface area contributed by atoms with Gasteiger partial charge in [-0.05, 0) is 48.6 Å². The van der Waals surface area contributed by atoms with Crippen molar-refractivity contribution in [2.45, 2.75) is 46.0 Å². The van der Waals surface area contributed by atoms with Crippen LogP contribution in [0.3, 0.4) is 0 Å². The Kier molecular flexibility index (Phi) is 4.45. The molecule has 3 nitrogen and oxygen atoms in total. The van der Waals surface area contributed by atoms with E-state index >= 15 is 0 Å². The van der Waals surface area contributed by atoms with Crippen LogP contribution in [-0.4, -0.2) is 11.7 Å². The number of Topliss-reactive ketones (excluding diaryl/α,β-unsaturated/α-hetero) is 1. The van der Waals surface area contributed by atoms with Gasteiger partial charge >= 0.3 is 0 Å². The summed E-state index contributed by atoms with van der Waals surface area (Å²) in [5, 5.41) is 0. The third-order valence-corrected chi connectivity index (χ3v) is 5.71. The van der Waals surface area contributed by atoms with E-state index in [1.165, 1.54) is 12.1 Å². The lowest BCUT2D eigenvalue weighted by atomic mass is 9.69. The number of hydrogen-bond donors (Lipinski definition) is 0. The van der Waals surface area contributed by atoms with Gasteiger partial charge in [-0.2, -0.15) is 0 Å². The number of halogens is 1. The molecular weight excluding hydrogens is 353 g/mol. The highest BCUT2D eigenvalue weighted by Gasteiger charge is 2.44. The van der Waals surface area contributed by atoms with Crippen molar-refractivity contribution in [1.82, 2.24) is 0 Å². The lowest BCUT2D eigenvalue weighted by Crippen LogP contribution is -2.43. The number of carbonyl (C=O) groups is 2. The summed E-state index contributed by atoms with van der Waals surface area (Å²) in [6.07, 6.45) is 1.35. The molecule has 1 amide bonds. The number of amides is 1. The van der Waals surface area contributed by atoms with Gasteiger partial charge in [0.15, 0.2) is 5.78 Å². The predicted octanol–water partition coefficient (Wildman–Crippen LogP) is 5.30. The summed E-state index contributed by atoms with van der Waals surface area (Å²) in [7, 11) is 0. The molecule has 1 aliphatic heterocycles. The van der Waals surface area contributed by atoms with E-state index in [0.29, 0.717) is 18.5 Å². The van der Waals surface area contributed by atoms with Crippen LogP contribution in [0.2, 0.25) is 0 Å². The smallest absolute Gasteiger partial charge is 0.232 e. The molecule has 0 N–H and O–H groups in total. The van der Waals surface area contributed by atoms with Gasteiger partial charge < -0.3 is 0 Å². The minimum absolute atomic E-state index is 0.0542. The van der Waals surface area contributed by atoms with Crippen molar-refractivity contribution in [3.8, 4) is 0 Å². The van der Waals surface area contributed by atoms with E-state index in [4.69, 9.17) is 0 Å². The van der Waals surface area contributed by atoms with Gasteiger partial charge in [0.05, 0.1) is 0 Å². The summed E-state index contributed by atoms with van der Waals surface area (Å²) in [5.74, 6) is -0.513. The molecule has 0 radical (unpaired) electrons. The average molecular weight is 377 g/mol. The van der Waals surface area contributed by atoms with E-state index in [0.717, 1.165) is 22.4 Å². The van der Waals surface area contributed by atoms with Crippen LogP contribution >= 0.6 is 0 Å². The quantitative estimate of drug-likeness (QED) is 0.712. The highest BCUT2D eigenvalue weighted by molar-refractivity contribution is 6.07. The summed E-state index contributed by atoms with van der Waals surface area (Å²) in [5.41, 5.74) is 4.06. The number of carbonyl (C=O) groups excluding carboxylic acids is 2. The standard InChI is InChI=1S/C24H24FNO2/c1-15-4-6-16(7-5-15)19-12-22(28)26(18-10-8-17(25)9-11-18)20-13-24(2,3)14-21(27)23(19)20/h4-11,19H,12-14H2,1-3H3. The van der Waals surface area contributed by atoms with Gasteiger partial charge in [0.2, 0.25) is 5.91 Å². The first-order chi connectivity index (χ1) is 13.2. The molecule has 2 aliphatic rings. The molecule has 0 saturated heterocycles. The van der Waals surface area contributed by atoms with Crippen LogP contribution < -0.4 is 4.90 Å². The Morgan fingerprint density at radius 3 is 2.25 bits per heavy atom. The Bertz CT molecular complexity index is 971. The zero-order valence-corrected chi connectivity index (χ0v) is 16.5. The van der Waals surface area contributed by atoms with Crippen molar-refractivity contribution < 1.29 is 14.0 Å². The number of anilines is 1. The van der Waals surface area contributed by atoms with E-state index < -0.39 is 0 Å². The van der Waals surface area contributed by atoms with Crippen molar-refractivity contribution in [3.05, 3.63) is 76.7 Å². The highest BCUT2D eigenvalue weighted by Crippen LogP contribution is 2.48. The van der Waals surface area contributed by atoms with Gasteiger partial charge in [0, 0.05) is 35.7 Å². The molecule has 2 aromatic rings. The number of hydrogen-bond acceptors (Lipinski definition) is 2. The number of aryl methyl sites for hydroxylation is 1. The maximum Gasteiger partial charge on any atom is 0.232 e. The summed E-state index contributed by atoms with van der Waals surface area (Å²) < 4.78 is 13.4. The highest BCUT2D eigenvalue weighted by atomic mass is 19.1. The maximum absolute atomic E-state index is 13.4.